The van der Waals surface area contributed by atoms with Crippen molar-refractivity contribution in [1.29, 1.82) is 0 Å². The number of sulfone groups is 1. The van der Waals surface area contributed by atoms with E-state index >= 15 is 0 Å². The van der Waals surface area contributed by atoms with Crippen LogP contribution in [-0.2, 0) is 21.1 Å². The van der Waals surface area contributed by atoms with Gasteiger partial charge in [0, 0.05) is 38.1 Å². The van der Waals surface area contributed by atoms with Gasteiger partial charge in [-0.1, -0.05) is 31.8 Å². The highest BCUT2D eigenvalue weighted by Crippen LogP contribution is 2.28. The summed E-state index contributed by atoms with van der Waals surface area (Å²) < 4.78 is 29.1. The molecule has 136 valence electrons. The Hall–Kier alpha value is -1.44. The van der Waals surface area contributed by atoms with E-state index in [0.717, 1.165) is 19.3 Å². The fourth-order valence-corrected chi connectivity index (χ4v) is 4.68. The van der Waals surface area contributed by atoms with Crippen molar-refractivity contribution < 1.29 is 17.7 Å². The lowest BCUT2D eigenvalue weighted by molar-refractivity contribution is -0.132. The molecule has 1 heterocycles. The van der Waals surface area contributed by atoms with Crippen molar-refractivity contribution in [3.8, 4) is 0 Å². The predicted molar refractivity (Wildman–Crippen MR) is 90.4 cm³/mol. The summed E-state index contributed by atoms with van der Waals surface area (Å²) >= 11 is 0. The van der Waals surface area contributed by atoms with Gasteiger partial charge in [0.1, 0.15) is 0 Å². The molecule has 0 spiro atoms. The normalized spacial score (nSPS) is 21.9. The quantitative estimate of drug-likeness (QED) is 0.772. The van der Waals surface area contributed by atoms with Gasteiger partial charge in [-0.25, -0.2) is 8.42 Å². The number of nitrogens with zero attached hydrogens (tertiary/aromatic N) is 3. The lowest BCUT2D eigenvalue weighted by Gasteiger charge is -2.37. The molecule has 0 N–H and O–H groups in total. The Morgan fingerprint density at radius 3 is 2.58 bits per heavy atom. The molecule has 0 bridgehead atoms. The fraction of sp³-hybridized carbons (Fsp3) is 0.812. The molecule has 1 fully saturated rings. The summed E-state index contributed by atoms with van der Waals surface area (Å²) in [6.45, 7) is 3.95. The highest BCUT2D eigenvalue weighted by Gasteiger charge is 2.36. The van der Waals surface area contributed by atoms with Crippen LogP contribution in [0.3, 0.4) is 0 Å². The minimum atomic E-state index is -3.16. The van der Waals surface area contributed by atoms with Crippen molar-refractivity contribution in [2.75, 3.05) is 13.3 Å². The van der Waals surface area contributed by atoms with Gasteiger partial charge in [-0.2, -0.15) is 4.98 Å². The summed E-state index contributed by atoms with van der Waals surface area (Å²) in [6, 6.07) is -0.241. The number of rotatable bonds is 6. The standard InChI is InChI=1S/C16H27N3O4S/c1-11(2)16-17-14(23-18-16)9-10-15(20)19(3)12-7-5-6-8-13(12)24(4,21)22/h11-13H,5-10H2,1-4H3. The van der Waals surface area contributed by atoms with E-state index < -0.39 is 15.1 Å². The third-order valence-electron chi connectivity index (χ3n) is 4.66. The number of hydrogen-bond donors (Lipinski definition) is 0. The Morgan fingerprint density at radius 1 is 1.33 bits per heavy atom. The molecule has 1 aromatic heterocycles. The summed E-state index contributed by atoms with van der Waals surface area (Å²) in [4.78, 5) is 18.3. The molecule has 0 aromatic carbocycles. The molecule has 1 aliphatic rings. The first kappa shape index (κ1) is 18.9. The molecular formula is C16H27N3O4S. The Balaban J connectivity index is 1.97. The van der Waals surface area contributed by atoms with Crippen molar-refractivity contribution in [2.24, 2.45) is 0 Å². The van der Waals surface area contributed by atoms with E-state index in [2.05, 4.69) is 10.1 Å². The van der Waals surface area contributed by atoms with E-state index in [9.17, 15) is 13.2 Å². The maximum absolute atomic E-state index is 12.5. The molecule has 0 saturated heterocycles. The van der Waals surface area contributed by atoms with Crippen LogP contribution in [0.1, 0.15) is 63.6 Å². The van der Waals surface area contributed by atoms with Crippen molar-refractivity contribution in [2.45, 2.75) is 69.6 Å². The topological polar surface area (TPSA) is 93.4 Å². The Bertz CT molecular complexity index is 669. The minimum Gasteiger partial charge on any atom is -0.341 e. The molecule has 0 radical (unpaired) electrons. The van der Waals surface area contributed by atoms with E-state index in [0.29, 0.717) is 24.6 Å². The van der Waals surface area contributed by atoms with Crippen LogP contribution in [0.15, 0.2) is 4.52 Å². The van der Waals surface area contributed by atoms with Crippen LogP contribution in [0.2, 0.25) is 0 Å². The van der Waals surface area contributed by atoms with E-state index in [1.54, 1.807) is 11.9 Å². The molecule has 0 aliphatic heterocycles. The summed E-state index contributed by atoms with van der Waals surface area (Å²) in [5.74, 6) is 1.18. The largest absolute Gasteiger partial charge is 0.341 e. The van der Waals surface area contributed by atoms with Crippen molar-refractivity contribution in [3.05, 3.63) is 11.7 Å². The zero-order valence-electron chi connectivity index (χ0n) is 14.9. The maximum atomic E-state index is 12.5. The third-order valence-corrected chi connectivity index (χ3v) is 6.31. The Morgan fingerprint density at radius 2 is 2.00 bits per heavy atom. The second-order valence-electron chi connectivity index (χ2n) is 6.93. The van der Waals surface area contributed by atoms with Gasteiger partial charge in [-0.3, -0.25) is 4.79 Å². The van der Waals surface area contributed by atoms with Gasteiger partial charge in [0.05, 0.1) is 5.25 Å². The second-order valence-corrected chi connectivity index (χ2v) is 9.19. The predicted octanol–water partition coefficient (Wildman–Crippen LogP) is 1.94. The van der Waals surface area contributed by atoms with Gasteiger partial charge in [-0.15, -0.1) is 0 Å². The monoisotopic (exact) mass is 357 g/mol. The van der Waals surface area contributed by atoms with Gasteiger partial charge in [-0.05, 0) is 12.8 Å². The van der Waals surface area contributed by atoms with E-state index in [4.69, 9.17) is 4.52 Å². The van der Waals surface area contributed by atoms with Crippen LogP contribution in [-0.4, -0.2) is 54.0 Å². The van der Waals surface area contributed by atoms with Crippen LogP contribution in [0.4, 0.5) is 0 Å². The first-order valence-corrected chi connectivity index (χ1v) is 10.4. The summed E-state index contributed by atoms with van der Waals surface area (Å²) in [6.07, 6.45) is 5.09. The van der Waals surface area contributed by atoms with Crippen LogP contribution in [0, 0.1) is 0 Å². The lowest BCUT2D eigenvalue weighted by Crippen LogP contribution is -2.49. The zero-order chi connectivity index (χ0) is 17.9. The van der Waals surface area contributed by atoms with Crippen LogP contribution in [0.5, 0.6) is 0 Å². The number of amides is 1. The zero-order valence-corrected chi connectivity index (χ0v) is 15.7. The summed E-state index contributed by atoms with van der Waals surface area (Å²) in [5.41, 5.74) is 0. The van der Waals surface area contributed by atoms with Gasteiger partial charge in [0.2, 0.25) is 11.8 Å². The van der Waals surface area contributed by atoms with Gasteiger partial charge >= 0.3 is 0 Å². The smallest absolute Gasteiger partial charge is 0.227 e. The number of hydrogen-bond acceptors (Lipinski definition) is 6. The highest BCUT2D eigenvalue weighted by molar-refractivity contribution is 7.91. The molecule has 7 nitrogen and oxygen atoms in total. The SMILES string of the molecule is CC(C)c1noc(CCC(=O)N(C)C2CCCCC2S(C)(=O)=O)n1. The summed E-state index contributed by atoms with van der Waals surface area (Å²) in [5, 5.41) is 3.42. The van der Waals surface area contributed by atoms with Gasteiger partial charge in [0.25, 0.3) is 0 Å². The number of carbonyl (C=O) groups excluding carboxylic acids is 1. The third kappa shape index (κ3) is 4.55. The van der Waals surface area contributed by atoms with Crippen LogP contribution in [0.25, 0.3) is 0 Å². The van der Waals surface area contributed by atoms with Crippen molar-refractivity contribution in [1.82, 2.24) is 15.0 Å². The molecular weight excluding hydrogens is 330 g/mol. The molecule has 24 heavy (non-hydrogen) atoms. The molecule has 2 unspecified atom stereocenters. The Labute approximate surface area is 143 Å². The van der Waals surface area contributed by atoms with Crippen LogP contribution < -0.4 is 0 Å². The first-order chi connectivity index (χ1) is 11.2. The minimum absolute atomic E-state index is 0.0835. The Kier molecular flexibility index (Phi) is 6.01. The average Bonchev–Trinajstić information content (AvgIpc) is 3.00. The van der Waals surface area contributed by atoms with Crippen LogP contribution >= 0.6 is 0 Å². The molecule has 1 aromatic rings. The fourth-order valence-electron chi connectivity index (χ4n) is 3.20. The van der Waals surface area contributed by atoms with Gasteiger partial charge in [0.15, 0.2) is 15.7 Å². The van der Waals surface area contributed by atoms with Crippen molar-refractivity contribution >= 4 is 15.7 Å². The second kappa shape index (κ2) is 7.63. The molecule has 1 saturated carbocycles. The van der Waals surface area contributed by atoms with E-state index in [-0.39, 0.29) is 24.3 Å². The molecule has 2 rings (SSSR count). The highest BCUT2D eigenvalue weighted by atomic mass is 32.2. The summed E-state index contributed by atoms with van der Waals surface area (Å²) in [7, 11) is -1.46. The molecule has 1 aliphatic carbocycles. The number of carbonyl (C=O) groups is 1. The number of aromatic nitrogens is 2. The maximum Gasteiger partial charge on any atom is 0.227 e. The first-order valence-electron chi connectivity index (χ1n) is 8.47. The number of aryl methyl sites for hydroxylation is 1. The van der Waals surface area contributed by atoms with Gasteiger partial charge < -0.3 is 9.42 Å². The van der Waals surface area contributed by atoms with Crippen molar-refractivity contribution in [3.63, 3.8) is 0 Å². The molecule has 1 amide bonds. The lowest BCUT2D eigenvalue weighted by atomic mass is 9.93. The molecule has 8 heteroatoms. The molecule has 2 atom stereocenters. The average molecular weight is 357 g/mol. The van der Waals surface area contributed by atoms with E-state index in [1.807, 2.05) is 13.8 Å². The van der Waals surface area contributed by atoms with E-state index in [1.165, 1.54) is 6.26 Å².